The van der Waals surface area contributed by atoms with E-state index in [9.17, 15) is 4.79 Å². The van der Waals surface area contributed by atoms with Crippen LogP contribution in [0.15, 0.2) is 12.2 Å². The second-order valence-electron chi connectivity index (χ2n) is 3.79. The van der Waals surface area contributed by atoms with Crippen LogP contribution in [-0.2, 0) is 4.79 Å². The molecular formula is C10H16BrNO. The van der Waals surface area contributed by atoms with Gasteiger partial charge in [-0.3, -0.25) is 4.79 Å². The average molecular weight is 246 g/mol. The number of hydrogen-bond donors (Lipinski definition) is 1. The highest BCUT2D eigenvalue weighted by Crippen LogP contribution is 2.14. The van der Waals surface area contributed by atoms with Gasteiger partial charge >= 0.3 is 0 Å². The Morgan fingerprint density at radius 1 is 1.46 bits per heavy atom. The fourth-order valence-corrected chi connectivity index (χ4v) is 1.45. The highest BCUT2D eigenvalue weighted by Gasteiger charge is 2.21. The molecule has 0 spiro atoms. The number of halogens is 1. The number of hydrogen-bond acceptors (Lipinski definition) is 1. The minimum absolute atomic E-state index is 0.0619. The van der Waals surface area contributed by atoms with Crippen molar-refractivity contribution in [1.82, 2.24) is 5.32 Å². The Kier molecular flexibility index (Phi) is 3.97. The molecule has 1 atom stereocenters. The van der Waals surface area contributed by atoms with Gasteiger partial charge in [0.25, 0.3) is 0 Å². The maximum absolute atomic E-state index is 11.6. The summed E-state index contributed by atoms with van der Waals surface area (Å²) >= 11 is 3.38. The van der Waals surface area contributed by atoms with Crippen molar-refractivity contribution in [3.63, 3.8) is 0 Å². The lowest BCUT2D eigenvalue weighted by atomic mass is 10.1. The SMILES string of the molecule is CC(C)C(Br)C(=O)NC1CC=CC1. The number of amides is 1. The number of nitrogens with one attached hydrogen (secondary N) is 1. The van der Waals surface area contributed by atoms with Gasteiger partial charge in [0.15, 0.2) is 0 Å². The van der Waals surface area contributed by atoms with E-state index in [0.717, 1.165) is 12.8 Å². The summed E-state index contributed by atoms with van der Waals surface area (Å²) in [7, 11) is 0. The minimum Gasteiger partial charge on any atom is -0.352 e. The molecule has 0 bridgehead atoms. The molecule has 13 heavy (non-hydrogen) atoms. The fraction of sp³-hybridized carbons (Fsp3) is 0.700. The Balaban J connectivity index is 2.32. The van der Waals surface area contributed by atoms with Gasteiger partial charge in [-0.2, -0.15) is 0 Å². The molecule has 1 aliphatic carbocycles. The summed E-state index contributed by atoms with van der Waals surface area (Å²) < 4.78 is 0. The van der Waals surface area contributed by atoms with E-state index in [-0.39, 0.29) is 10.7 Å². The maximum Gasteiger partial charge on any atom is 0.234 e. The molecular weight excluding hydrogens is 230 g/mol. The average Bonchev–Trinajstić information content (AvgIpc) is 2.55. The molecule has 2 nitrogen and oxygen atoms in total. The van der Waals surface area contributed by atoms with Crippen molar-refractivity contribution in [3.05, 3.63) is 12.2 Å². The molecule has 1 aliphatic rings. The molecule has 74 valence electrons. The predicted molar refractivity (Wildman–Crippen MR) is 57.9 cm³/mol. The first-order chi connectivity index (χ1) is 6.11. The van der Waals surface area contributed by atoms with E-state index in [2.05, 4.69) is 33.4 Å². The summed E-state index contributed by atoms with van der Waals surface area (Å²) in [6.45, 7) is 4.07. The Bertz CT molecular complexity index is 205. The van der Waals surface area contributed by atoms with Crippen LogP contribution in [0.1, 0.15) is 26.7 Å². The van der Waals surface area contributed by atoms with Crippen LogP contribution in [0.2, 0.25) is 0 Å². The van der Waals surface area contributed by atoms with E-state index < -0.39 is 0 Å². The lowest BCUT2D eigenvalue weighted by Gasteiger charge is -2.17. The van der Waals surface area contributed by atoms with Gasteiger partial charge in [0.2, 0.25) is 5.91 Å². The second-order valence-corrected chi connectivity index (χ2v) is 4.78. The lowest BCUT2D eigenvalue weighted by Crippen LogP contribution is -2.39. The summed E-state index contributed by atoms with van der Waals surface area (Å²) in [5.41, 5.74) is 0. The molecule has 1 N–H and O–H groups in total. The molecule has 0 fully saturated rings. The first-order valence-corrected chi connectivity index (χ1v) is 5.62. The molecule has 0 radical (unpaired) electrons. The third-order valence-corrected chi connectivity index (χ3v) is 3.66. The second kappa shape index (κ2) is 4.80. The van der Waals surface area contributed by atoms with Gasteiger partial charge in [0.05, 0.1) is 4.83 Å². The van der Waals surface area contributed by atoms with Crippen LogP contribution >= 0.6 is 15.9 Å². The third kappa shape index (κ3) is 3.14. The summed E-state index contributed by atoms with van der Waals surface area (Å²) in [6, 6.07) is 0.325. The Morgan fingerprint density at radius 2 is 2.00 bits per heavy atom. The van der Waals surface area contributed by atoms with E-state index >= 15 is 0 Å². The van der Waals surface area contributed by atoms with Crippen LogP contribution in [0, 0.1) is 5.92 Å². The van der Waals surface area contributed by atoms with Crippen molar-refractivity contribution in [2.24, 2.45) is 5.92 Å². The number of alkyl halides is 1. The topological polar surface area (TPSA) is 29.1 Å². The molecule has 0 aromatic carbocycles. The molecule has 0 aromatic rings. The van der Waals surface area contributed by atoms with Gasteiger partial charge < -0.3 is 5.32 Å². The monoisotopic (exact) mass is 245 g/mol. The quantitative estimate of drug-likeness (QED) is 0.600. The van der Waals surface area contributed by atoms with E-state index in [0.29, 0.717) is 12.0 Å². The summed E-state index contributed by atoms with van der Waals surface area (Å²) in [5.74, 6) is 0.457. The van der Waals surface area contributed by atoms with E-state index in [4.69, 9.17) is 0 Å². The van der Waals surface area contributed by atoms with Crippen LogP contribution in [0.5, 0.6) is 0 Å². The molecule has 0 saturated carbocycles. The minimum atomic E-state index is -0.0619. The summed E-state index contributed by atoms with van der Waals surface area (Å²) in [6.07, 6.45) is 6.18. The van der Waals surface area contributed by atoms with E-state index in [1.165, 1.54) is 0 Å². The molecule has 0 heterocycles. The van der Waals surface area contributed by atoms with Gasteiger partial charge in [0, 0.05) is 6.04 Å². The van der Waals surface area contributed by atoms with Crippen LogP contribution in [0.3, 0.4) is 0 Å². The summed E-state index contributed by atoms with van der Waals surface area (Å²) in [5, 5.41) is 3.01. The van der Waals surface area contributed by atoms with Crippen molar-refractivity contribution in [2.75, 3.05) is 0 Å². The van der Waals surface area contributed by atoms with Gasteiger partial charge in [-0.05, 0) is 18.8 Å². The van der Waals surface area contributed by atoms with E-state index in [1.807, 2.05) is 13.8 Å². The largest absolute Gasteiger partial charge is 0.352 e. The fourth-order valence-electron chi connectivity index (χ4n) is 1.32. The van der Waals surface area contributed by atoms with Crippen molar-refractivity contribution < 1.29 is 4.79 Å². The summed E-state index contributed by atoms with van der Waals surface area (Å²) in [4.78, 5) is 11.5. The van der Waals surface area contributed by atoms with Crippen LogP contribution in [0.4, 0.5) is 0 Å². The zero-order valence-corrected chi connectivity index (χ0v) is 9.67. The van der Waals surface area contributed by atoms with E-state index in [1.54, 1.807) is 0 Å². The van der Waals surface area contributed by atoms with Crippen molar-refractivity contribution in [3.8, 4) is 0 Å². The molecule has 1 rings (SSSR count). The highest BCUT2D eigenvalue weighted by atomic mass is 79.9. The number of carbonyl (C=O) groups excluding carboxylic acids is 1. The molecule has 3 heteroatoms. The molecule has 1 unspecified atom stereocenters. The molecule has 0 aromatic heterocycles. The first kappa shape index (κ1) is 10.8. The first-order valence-electron chi connectivity index (χ1n) is 4.70. The van der Waals surface area contributed by atoms with Crippen molar-refractivity contribution in [1.29, 1.82) is 0 Å². The smallest absolute Gasteiger partial charge is 0.234 e. The number of rotatable bonds is 3. The lowest BCUT2D eigenvalue weighted by molar-refractivity contribution is -0.121. The van der Waals surface area contributed by atoms with Gasteiger partial charge in [-0.25, -0.2) is 0 Å². The van der Waals surface area contributed by atoms with Crippen molar-refractivity contribution >= 4 is 21.8 Å². The predicted octanol–water partition coefficient (Wildman–Crippen LogP) is 2.24. The maximum atomic E-state index is 11.6. The van der Waals surface area contributed by atoms with Crippen LogP contribution in [0.25, 0.3) is 0 Å². The van der Waals surface area contributed by atoms with Crippen LogP contribution in [-0.4, -0.2) is 16.8 Å². The van der Waals surface area contributed by atoms with Crippen LogP contribution < -0.4 is 5.32 Å². The van der Waals surface area contributed by atoms with Crippen molar-refractivity contribution in [2.45, 2.75) is 37.6 Å². The Hall–Kier alpha value is -0.310. The standard InChI is InChI=1S/C10H16BrNO/c1-7(2)9(11)10(13)12-8-5-3-4-6-8/h3-4,7-9H,5-6H2,1-2H3,(H,12,13). The molecule has 1 amide bonds. The normalized spacial score (nSPS) is 19.4. The van der Waals surface area contributed by atoms with Gasteiger partial charge in [-0.1, -0.05) is 41.9 Å². The zero-order valence-electron chi connectivity index (χ0n) is 8.09. The number of carbonyl (C=O) groups is 1. The molecule has 0 aliphatic heterocycles. The Labute approximate surface area is 87.9 Å². The highest BCUT2D eigenvalue weighted by molar-refractivity contribution is 9.10. The molecule has 0 saturated heterocycles. The van der Waals surface area contributed by atoms with Gasteiger partial charge in [-0.15, -0.1) is 0 Å². The zero-order chi connectivity index (χ0) is 9.84. The Morgan fingerprint density at radius 3 is 2.46 bits per heavy atom. The third-order valence-electron chi connectivity index (χ3n) is 2.19. The van der Waals surface area contributed by atoms with Gasteiger partial charge in [0.1, 0.15) is 0 Å².